The van der Waals surface area contributed by atoms with E-state index in [1.165, 1.54) is 11.0 Å². The fraction of sp³-hybridized carbons (Fsp3) is 0.250. The van der Waals surface area contributed by atoms with E-state index in [2.05, 4.69) is 20.5 Å². The Bertz CT molecular complexity index is 500. The van der Waals surface area contributed by atoms with E-state index in [-0.39, 0.29) is 18.4 Å². The number of nitrogens with zero attached hydrogens (tertiary/aromatic N) is 5. The van der Waals surface area contributed by atoms with Gasteiger partial charge in [-0.1, -0.05) is 0 Å². The summed E-state index contributed by atoms with van der Waals surface area (Å²) in [6, 6.07) is 1.70. The zero-order valence-corrected chi connectivity index (χ0v) is 8.66. The van der Waals surface area contributed by atoms with Crippen LogP contribution >= 0.6 is 0 Å². The summed E-state index contributed by atoms with van der Waals surface area (Å²) in [5.74, 6) is 0.555. The molecule has 84 valence electrons. The first-order valence-electron chi connectivity index (χ1n) is 4.58. The zero-order valence-electron chi connectivity index (χ0n) is 8.66. The molecular formula is C8H11N7O. The normalized spacial score (nSPS) is 10.3. The molecule has 2 aromatic rings. The van der Waals surface area contributed by atoms with Gasteiger partial charge in [0.2, 0.25) is 11.9 Å². The van der Waals surface area contributed by atoms with Crippen molar-refractivity contribution in [2.75, 3.05) is 11.1 Å². The van der Waals surface area contributed by atoms with Crippen LogP contribution in [0.2, 0.25) is 0 Å². The minimum absolute atomic E-state index is 0.0649. The lowest BCUT2D eigenvalue weighted by molar-refractivity contribution is -0.116. The summed E-state index contributed by atoms with van der Waals surface area (Å²) in [6.07, 6.45) is 3.00. The van der Waals surface area contributed by atoms with Crippen molar-refractivity contribution >= 4 is 17.7 Å². The van der Waals surface area contributed by atoms with Crippen molar-refractivity contribution in [2.24, 2.45) is 7.05 Å². The Morgan fingerprint density at radius 1 is 1.62 bits per heavy atom. The van der Waals surface area contributed by atoms with Gasteiger partial charge in [0.05, 0.1) is 6.20 Å². The number of nitrogen functional groups attached to an aromatic ring is 1. The minimum Gasteiger partial charge on any atom is -0.367 e. The van der Waals surface area contributed by atoms with Crippen LogP contribution in [0.25, 0.3) is 0 Å². The lowest BCUT2D eigenvalue weighted by Crippen LogP contribution is -2.20. The van der Waals surface area contributed by atoms with Gasteiger partial charge >= 0.3 is 0 Å². The van der Waals surface area contributed by atoms with Gasteiger partial charge in [0.1, 0.15) is 18.7 Å². The maximum absolute atomic E-state index is 11.6. The number of nitrogens with two attached hydrogens (primary N) is 1. The first-order chi connectivity index (χ1) is 7.65. The van der Waals surface area contributed by atoms with Crippen LogP contribution in [-0.4, -0.2) is 30.5 Å². The van der Waals surface area contributed by atoms with Crippen molar-refractivity contribution < 1.29 is 4.79 Å². The predicted molar refractivity (Wildman–Crippen MR) is 56.3 cm³/mol. The number of aromatic nitrogens is 5. The Hall–Kier alpha value is -2.38. The molecule has 0 aromatic carbocycles. The monoisotopic (exact) mass is 221 g/mol. The molecule has 0 unspecified atom stereocenters. The highest BCUT2D eigenvalue weighted by atomic mass is 16.2. The number of hydrogen-bond acceptors (Lipinski definition) is 5. The van der Waals surface area contributed by atoms with Crippen molar-refractivity contribution in [1.29, 1.82) is 0 Å². The van der Waals surface area contributed by atoms with Gasteiger partial charge in [0, 0.05) is 13.1 Å². The molecule has 2 heterocycles. The highest BCUT2D eigenvalue weighted by Crippen LogP contribution is 2.03. The Morgan fingerprint density at radius 3 is 3.00 bits per heavy atom. The van der Waals surface area contributed by atoms with Crippen molar-refractivity contribution in [2.45, 2.75) is 6.54 Å². The zero-order chi connectivity index (χ0) is 11.5. The highest BCUT2D eigenvalue weighted by Gasteiger charge is 2.07. The molecule has 8 heteroatoms. The molecule has 16 heavy (non-hydrogen) atoms. The molecule has 8 nitrogen and oxygen atoms in total. The molecule has 0 spiro atoms. The van der Waals surface area contributed by atoms with Gasteiger partial charge in [0.25, 0.3) is 0 Å². The van der Waals surface area contributed by atoms with Crippen LogP contribution in [0.4, 0.5) is 11.8 Å². The average molecular weight is 221 g/mol. The van der Waals surface area contributed by atoms with E-state index in [0.29, 0.717) is 5.82 Å². The topological polar surface area (TPSA) is 104 Å². The average Bonchev–Trinajstić information content (AvgIpc) is 2.77. The second kappa shape index (κ2) is 4.01. The summed E-state index contributed by atoms with van der Waals surface area (Å²) in [5.41, 5.74) is 5.33. The summed E-state index contributed by atoms with van der Waals surface area (Å²) in [5, 5.41) is 10.4. The van der Waals surface area contributed by atoms with Gasteiger partial charge in [-0.25, -0.2) is 9.67 Å². The molecule has 1 amide bonds. The summed E-state index contributed by atoms with van der Waals surface area (Å²) < 4.78 is 2.93. The van der Waals surface area contributed by atoms with E-state index in [4.69, 9.17) is 5.73 Å². The molecule has 3 N–H and O–H groups in total. The molecule has 0 aliphatic rings. The lowest BCUT2D eigenvalue weighted by atomic mass is 10.5. The summed E-state index contributed by atoms with van der Waals surface area (Å²) >= 11 is 0. The Labute approximate surface area is 91.1 Å². The van der Waals surface area contributed by atoms with Crippen molar-refractivity contribution in [3.05, 3.63) is 18.6 Å². The third-order valence-electron chi connectivity index (χ3n) is 1.95. The van der Waals surface area contributed by atoms with E-state index in [1.54, 1.807) is 24.0 Å². The molecule has 0 saturated heterocycles. The van der Waals surface area contributed by atoms with Gasteiger partial charge in [-0.2, -0.15) is 5.10 Å². The van der Waals surface area contributed by atoms with Gasteiger partial charge in [-0.15, -0.1) is 5.10 Å². The maximum Gasteiger partial charge on any atom is 0.247 e. The minimum atomic E-state index is -0.214. The van der Waals surface area contributed by atoms with E-state index < -0.39 is 0 Å². The van der Waals surface area contributed by atoms with E-state index >= 15 is 0 Å². The summed E-state index contributed by atoms with van der Waals surface area (Å²) in [6.45, 7) is 0.0649. The fourth-order valence-electron chi connectivity index (χ4n) is 1.21. The molecule has 0 atom stereocenters. The first kappa shape index (κ1) is 10.1. The number of carbonyl (C=O) groups excluding carboxylic acids is 1. The van der Waals surface area contributed by atoms with Crippen LogP contribution in [0.5, 0.6) is 0 Å². The molecular weight excluding hydrogens is 210 g/mol. The Kier molecular flexibility index (Phi) is 2.54. The molecule has 2 aromatic heterocycles. The quantitative estimate of drug-likeness (QED) is 0.708. The van der Waals surface area contributed by atoms with Crippen molar-refractivity contribution in [3.8, 4) is 0 Å². The number of nitrogens with one attached hydrogen (secondary N) is 1. The standard InChI is InChI=1S/C8H11N7O/c1-14-6(2-3-11-14)12-7(16)4-15-5-10-8(9)13-15/h2-3,5H,4H2,1H3,(H2,9,13)(H,12,16). The highest BCUT2D eigenvalue weighted by molar-refractivity contribution is 5.89. The molecule has 0 aliphatic carbocycles. The largest absolute Gasteiger partial charge is 0.367 e. The third kappa shape index (κ3) is 2.16. The van der Waals surface area contributed by atoms with Gasteiger partial charge in [0.15, 0.2) is 0 Å². The number of carbonyl (C=O) groups is 1. The molecule has 0 fully saturated rings. The van der Waals surface area contributed by atoms with Crippen molar-refractivity contribution in [1.82, 2.24) is 24.5 Å². The van der Waals surface area contributed by atoms with E-state index in [9.17, 15) is 4.79 Å². The van der Waals surface area contributed by atoms with Crippen molar-refractivity contribution in [3.63, 3.8) is 0 Å². The molecule has 0 bridgehead atoms. The molecule has 0 radical (unpaired) electrons. The van der Waals surface area contributed by atoms with Gasteiger partial charge in [-0.05, 0) is 0 Å². The SMILES string of the molecule is Cn1nccc1NC(=O)Cn1cnc(N)n1. The summed E-state index contributed by atoms with van der Waals surface area (Å²) in [4.78, 5) is 15.3. The van der Waals surface area contributed by atoms with E-state index in [0.717, 1.165) is 0 Å². The molecule has 2 rings (SSSR count). The number of hydrogen-bond donors (Lipinski definition) is 2. The predicted octanol–water partition coefficient (Wildman–Crippen LogP) is -0.768. The Morgan fingerprint density at radius 2 is 2.44 bits per heavy atom. The second-order valence-electron chi connectivity index (χ2n) is 3.19. The third-order valence-corrected chi connectivity index (χ3v) is 1.95. The van der Waals surface area contributed by atoms with Crippen LogP contribution in [0.1, 0.15) is 0 Å². The summed E-state index contributed by atoms with van der Waals surface area (Å²) in [7, 11) is 1.74. The van der Waals surface area contributed by atoms with Crippen LogP contribution in [0.3, 0.4) is 0 Å². The number of amides is 1. The fourth-order valence-corrected chi connectivity index (χ4v) is 1.21. The van der Waals surface area contributed by atoms with Crippen LogP contribution in [-0.2, 0) is 18.4 Å². The van der Waals surface area contributed by atoms with Crippen LogP contribution < -0.4 is 11.1 Å². The number of aryl methyl sites for hydroxylation is 1. The van der Waals surface area contributed by atoms with E-state index in [1.807, 2.05) is 0 Å². The maximum atomic E-state index is 11.6. The molecule has 0 aliphatic heterocycles. The Balaban J connectivity index is 1.97. The molecule has 0 saturated carbocycles. The van der Waals surface area contributed by atoms with Crippen LogP contribution in [0.15, 0.2) is 18.6 Å². The number of rotatable bonds is 3. The van der Waals surface area contributed by atoms with Gasteiger partial charge < -0.3 is 11.1 Å². The number of anilines is 2. The van der Waals surface area contributed by atoms with Crippen LogP contribution in [0, 0.1) is 0 Å². The lowest BCUT2D eigenvalue weighted by Gasteiger charge is -2.04. The van der Waals surface area contributed by atoms with Gasteiger partial charge in [-0.3, -0.25) is 9.48 Å². The smallest absolute Gasteiger partial charge is 0.247 e. The first-order valence-corrected chi connectivity index (χ1v) is 4.58. The second-order valence-corrected chi connectivity index (χ2v) is 3.19.